The van der Waals surface area contributed by atoms with E-state index in [1.54, 1.807) is 24.3 Å². The maximum Gasteiger partial charge on any atom is 0.252 e. The summed E-state index contributed by atoms with van der Waals surface area (Å²) < 4.78 is 30.6. The van der Waals surface area contributed by atoms with E-state index in [4.69, 9.17) is 4.74 Å². The van der Waals surface area contributed by atoms with Gasteiger partial charge in [-0.2, -0.15) is 0 Å². The molecule has 3 aromatic rings. The van der Waals surface area contributed by atoms with E-state index >= 15 is 0 Å². The van der Waals surface area contributed by atoms with Gasteiger partial charge in [-0.3, -0.25) is 9.52 Å². The summed E-state index contributed by atoms with van der Waals surface area (Å²) in [5.41, 5.74) is 2.71. The van der Waals surface area contributed by atoms with Gasteiger partial charge in [0.1, 0.15) is 5.75 Å². The fourth-order valence-corrected chi connectivity index (χ4v) is 3.61. The van der Waals surface area contributed by atoms with E-state index in [1.807, 2.05) is 61.5 Å². The molecule has 0 saturated carbocycles. The molecule has 0 saturated heterocycles. The molecule has 3 rings (SSSR count). The second kappa shape index (κ2) is 9.45. The molecule has 0 heterocycles. The quantitative estimate of drug-likeness (QED) is 0.573. The van der Waals surface area contributed by atoms with Crippen LogP contribution in [-0.2, 0) is 10.0 Å². The summed E-state index contributed by atoms with van der Waals surface area (Å²) in [6.45, 7) is 2.51. The Bertz CT molecular complexity index is 1080. The van der Waals surface area contributed by atoms with Crippen molar-refractivity contribution in [1.29, 1.82) is 0 Å². The fourth-order valence-electron chi connectivity index (χ4n) is 3.05. The average Bonchev–Trinajstić information content (AvgIpc) is 2.73. The number of carbonyl (C=O) groups is 1. The van der Waals surface area contributed by atoms with Gasteiger partial charge >= 0.3 is 0 Å². The molecule has 0 fully saturated rings. The highest BCUT2D eigenvalue weighted by molar-refractivity contribution is 7.92. The number of anilines is 1. The van der Waals surface area contributed by atoms with E-state index in [0.29, 0.717) is 17.9 Å². The molecular weight excluding hydrogens is 400 g/mol. The van der Waals surface area contributed by atoms with Crippen LogP contribution in [0.2, 0.25) is 0 Å². The maximum absolute atomic E-state index is 12.9. The summed E-state index contributed by atoms with van der Waals surface area (Å²) in [4.78, 5) is 12.9. The number of hydrogen-bond acceptors (Lipinski definition) is 4. The molecule has 1 amide bonds. The molecule has 0 bridgehead atoms. The summed E-state index contributed by atoms with van der Waals surface area (Å²) >= 11 is 0. The predicted octanol–water partition coefficient (Wildman–Crippen LogP) is 3.98. The van der Waals surface area contributed by atoms with Crippen molar-refractivity contribution < 1.29 is 17.9 Å². The average molecular weight is 425 g/mol. The van der Waals surface area contributed by atoms with Gasteiger partial charge in [-0.15, -0.1) is 0 Å². The van der Waals surface area contributed by atoms with E-state index in [0.717, 1.165) is 23.1 Å². The minimum absolute atomic E-state index is 0.261. The van der Waals surface area contributed by atoms with Gasteiger partial charge in [-0.1, -0.05) is 42.5 Å². The minimum atomic E-state index is -3.37. The Morgan fingerprint density at radius 3 is 2.07 bits per heavy atom. The van der Waals surface area contributed by atoms with Crippen molar-refractivity contribution in [1.82, 2.24) is 5.32 Å². The summed E-state index contributed by atoms with van der Waals surface area (Å²) in [7, 11) is -3.37. The van der Waals surface area contributed by atoms with Crippen LogP contribution in [0.5, 0.6) is 5.75 Å². The molecule has 1 atom stereocenters. The van der Waals surface area contributed by atoms with E-state index in [-0.39, 0.29) is 11.9 Å². The van der Waals surface area contributed by atoms with Crippen molar-refractivity contribution in [3.05, 3.63) is 95.6 Å². The highest BCUT2D eigenvalue weighted by atomic mass is 32.2. The Labute approximate surface area is 177 Å². The van der Waals surface area contributed by atoms with Gasteiger partial charge in [-0.25, -0.2) is 8.42 Å². The molecule has 6 nitrogen and oxygen atoms in total. The topological polar surface area (TPSA) is 84.5 Å². The van der Waals surface area contributed by atoms with Gasteiger partial charge in [0, 0.05) is 11.3 Å². The summed E-state index contributed by atoms with van der Waals surface area (Å²) in [5, 5.41) is 3.07. The molecular formula is C23H24N2O4S. The molecule has 0 radical (unpaired) electrons. The number of hydrogen-bond donors (Lipinski definition) is 2. The molecule has 0 aromatic heterocycles. The Morgan fingerprint density at radius 2 is 1.50 bits per heavy atom. The van der Waals surface area contributed by atoms with E-state index in [2.05, 4.69) is 10.0 Å². The van der Waals surface area contributed by atoms with Crippen LogP contribution in [0.4, 0.5) is 5.69 Å². The predicted molar refractivity (Wildman–Crippen MR) is 118 cm³/mol. The third-order valence-corrected chi connectivity index (χ3v) is 4.99. The van der Waals surface area contributed by atoms with Crippen LogP contribution >= 0.6 is 0 Å². The highest BCUT2D eigenvalue weighted by Crippen LogP contribution is 2.25. The van der Waals surface area contributed by atoms with Crippen LogP contribution in [0.3, 0.4) is 0 Å². The second-order valence-corrected chi connectivity index (χ2v) is 8.52. The van der Waals surface area contributed by atoms with E-state index in [1.165, 1.54) is 0 Å². The summed E-state index contributed by atoms with van der Waals surface area (Å²) in [6, 6.07) is 23.3. The Balaban J connectivity index is 1.83. The first-order valence-corrected chi connectivity index (χ1v) is 11.4. The lowest BCUT2D eigenvalue weighted by Crippen LogP contribution is -2.29. The molecule has 0 spiro atoms. The molecule has 0 aliphatic carbocycles. The summed E-state index contributed by atoms with van der Waals surface area (Å²) in [6.07, 6.45) is 1.08. The number of rotatable bonds is 8. The third-order valence-electron chi connectivity index (χ3n) is 4.38. The van der Waals surface area contributed by atoms with Crippen molar-refractivity contribution in [3.63, 3.8) is 0 Å². The molecule has 2 N–H and O–H groups in total. The van der Waals surface area contributed by atoms with Crippen LogP contribution in [0.1, 0.15) is 34.5 Å². The molecule has 0 aliphatic rings. The molecule has 3 aromatic carbocycles. The van der Waals surface area contributed by atoms with Gasteiger partial charge in [-0.05, 0) is 54.4 Å². The SMILES string of the molecule is CCOc1ccc([C@@H](NC(=O)c2ccc(NS(C)(=O)=O)cc2)c2ccccc2)cc1. The van der Waals surface area contributed by atoms with E-state index < -0.39 is 10.0 Å². The smallest absolute Gasteiger partial charge is 0.252 e. The Hall–Kier alpha value is -3.32. The molecule has 156 valence electrons. The van der Waals surface area contributed by atoms with Crippen LogP contribution in [-0.4, -0.2) is 27.2 Å². The van der Waals surface area contributed by atoms with Crippen molar-refractivity contribution in [3.8, 4) is 5.75 Å². The second-order valence-electron chi connectivity index (χ2n) is 6.77. The number of sulfonamides is 1. The van der Waals surface area contributed by atoms with Gasteiger partial charge in [0.15, 0.2) is 0 Å². The zero-order valence-corrected chi connectivity index (χ0v) is 17.6. The van der Waals surface area contributed by atoms with Gasteiger partial charge < -0.3 is 10.1 Å². The Kier molecular flexibility index (Phi) is 6.74. The third kappa shape index (κ3) is 5.84. The van der Waals surface area contributed by atoms with Crippen LogP contribution in [0, 0.1) is 0 Å². The molecule has 0 unspecified atom stereocenters. The van der Waals surface area contributed by atoms with Crippen molar-refractivity contribution in [2.45, 2.75) is 13.0 Å². The van der Waals surface area contributed by atoms with Crippen molar-refractivity contribution in [2.75, 3.05) is 17.6 Å². The van der Waals surface area contributed by atoms with Crippen molar-refractivity contribution >= 4 is 21.6 Å². The maximum atomic E-state index is 12.9. The van der Waals surface area contributed by atoms with Crippen LogP contribution in [0.15, 0.2) is 78.9 Å². The monoisotopic (exact) mass is 424 g/mol. The lowest BCUT2D eigenvalue weighted by Gasteiger charge is -2.20. The van der Waals surface area contributed by atoms with Gasteiger partial charge in [0.2, 0.25) is 10.0 Å². The molecule has 7 heteroatoms. The fraction of sp³-hybridized carbons (Fsp3) is 0.174. The first-order chi connectivity index (χ1) is 14.4. The van der Waals surface area contributed by atoms with E-state index in [9.17, 15) is 13.2 Å². The molecule has 30 heavy (non-hydrogen) atoms. The van der Waals surface area contributed by atoms with Gasteiger partial charge in [0.25, 0.3) is 5.91 Å². The van der Waals surface area contributed by atoms with Crippen molar-refractivity contribution in [2.24, 2.45) is 0 Å². The first-order valence-electron chi connectivity index (χ1n) is 9.52. The van der Waals surface area contributed by atoms with Crippen LogP contribution < -0.4 is 14.8 Å². The zero-order valence-electron chi connectivity index (χ0n) is 16.8. The molecule has 0 aliphatic heterocycles. The number of benzene rings is 3. The zero-order chi connectivity index (χ0) is 21.6. The number of amides is 1. The van der Waals surface area contributed by atoms with Crippen LogP contribution in [0.25, 0.3) is 0 Å². The van der Waals surface area contributed by atoms with Gasteiger partial charge in [0.05, 0.1) is 18.9 Å². The number of carbonyl (C=O) groups excluding carboxylic acids is 1. The largest absolute Gasteiger partial charge is 0.494 e. The normalized spacial score (nSPS) is 12.1. The Morgan fingerprint density at radius 1 is 0.900 bits per heavy atom. The lowest BCUT2D eigenvalue weighted by atomic mass is 9.98. The minimum Gasteiger partial charge on any atom is -0.494 e. The number of ether oxygens (including phenoxy) is 1. The number of nitrogens with one attached hydrogen (secondary N) is 2. The lowest BCUT2D eigenvalue weighted by molar-refractivity contribution is 0.0943. The highest BCUT2D eigenvalue weighted by Gasteiger charge is 2.18. The standard InChI is InChI=1S/C23H24N2O4S/c1-3-29-21-15-11-18(12-16-21)22(17-7-5-4-6-8-17)24-23(26)19-9-13-20(14-10-19)25-30(2,27)28/h4-16,22,25H,3H2,1-2H3,(H,24,26)/t22-/m0/s1. The summed E-state index contributed by atoms with van der Waals surface area (Å²) in [5.74, 6) is 0.511. The first kappa shape index (κ1) is 21.4.